The minimum absolute atomic E-state index is 0.167. The molecule has 0 aliphatic rings. The summed E-state index contributed by atoms with van der Waals surface area (Å²) >= 11 is 1.64. The molecule has 0 saturated carbocycles. The van der Waals surface area contributed by atoms with Crippen LogP contribution in [0.3, 0.4) is 0 Å². The molecular formula is C18H13N3O2S. The monoisotopic (exact) mass is 335 g/mol. The van der Waals surface area contributed by atoms with Crippen molar-refractivity contribution in [1.82, 2.24) is 9.97 Å². The van der Waals surface area contributed by atoms with Crippen LogP contribution in [0.4, 0.5) is 6.01 Å². The second-order valence-corrected chi connectivity index (χ2v) is 6.17. The Kier molecular flexibility index (Phi) is 3.59. The summed E-state index contributed by atoms with van der Waals surface area (Å²) in [6, 6.07) is 11.5. The van der Waals surface area contributed by atoms with Crippen molar-refractivity contribution < 1.29 is 9.21 Å². The Bertz CT molecular complexity index is 1000. The number of amides is 1. The van der Waals surface area contributed by atoms with Gasteiger partial charge in [-0.25, -0.2) is 0 Å². The van der Waals surface area contributed by atoms with Crippen LogP contribution in [0.15, 0.2) is 57.8 Å². The van der Waals surface area contributed by atoms with Crippen LogP contribution in [0.25, 0.3) is 22.2 Å². The molecule has 4 aromatic rings. The van der Waals surface area contributed by atoms with Crippen LogP contribution in [0.5, 0.6) is 0 Å². The SMILES string of the molecule is Cc1ccc(C(=O)Nc2nc3cc(-c4ccsc4)ccc3o2)nc1. The predicted molar refractivity (Wildman–Crippen MR) is 94.2 cm³/mol. The first-order valence-electron chi connectivity index (χ1n) is 7.36. The van der Waals surface area contributed by atoms with Gasteiger partial charge in [-0.15, -0.1) is 0 Å². The number of carbonyl (C=O) groups excluding carboxylic acids is 1. The molecule has 6 heteroatoms. The zero-order valence-corrected chi connectivity index (χ0v) is 13.6. The molecule has 3 heterocycles. The number of thiophene rings is 1. The summed E-state index contributed by atoms with van der Waals surface area (Å²) < 4.78 is 5.59. The highest BCUT2D eigenvalue weighted by Crippen LogP contribution is 2.27. The van der Waals surface area contributed by atoms with Crippen molar-refractivity contribution >= 4 is 34.4 Å². The van der Waals surface area contributed by atoms with Gasteiger partial charge in [-0.1, -0.05) is 12.1 Å². The summed E-state index contributed by atoms with van der Waals surface area (Å²) in [5.41, 5.74) is 4.85. The number of nitrogens with zero attached hydrogens (tertiary/aromatic N) is 2. The molecule has 0 radical (unpaired) electrons. The first-order chi connectivity index (χ1) is 11.7. The Morgan fingerprint density at radius 1 is 1.17 bits per heavy atom. The zero-order chi connectivity index (χ0) is 16.5. The number of anilines is 1. The number of nitrogens with one attached hydrogen (secondary N) is 1. The number of oxazole rings is 1. The molecule has 0 fully saturated rings. The van der Waals surface area contributed by atoms with Gasteiger partial charge in [0, 0.05) is 6.20 Å². The van der Waals surface area contributed by atoms with E-state index < -0.39 is 0 Å². The van der Waals surface area contributed by atoms with Gasteiger partial charge in [0.15, 0.2) is 5.58 Å². The average Bonchev–Trinajstić information content (AvgIpc) is 3.23. The van der Waals surface area contributed by atoms with E-state index in [9.17, 15) is 4.79 Å². The molecule has 24 heavy (non-hydrogen) atoms. The Morgan fingerprint density at radius 3 is 2.83 bits per heavy atom. The summed E-state index contributed by atoms with van der Waals surface area (Å²) in [5, 5.41) is 6.75. The number of rotatable bonds is 3. The van der Waals surface area contributed by atoms with E-state index in [4.69, 9.17) is 4.42 Å². The van der Waals surface area contributed by atoms with Gasteiger partial charge in [-0.3, -0.25) is 15.1 Å². The van der Waals surface area contributed by atoms with Gasteiger partial charge in [0.25, 0.3) is 5.91 Å². The predicted octanol–water partition coefficient (Wildman–Crippen LogP) is 4.51. The molecule has 0 unspecified atom stereocenters. The van der Waals surface area contributed by atoms with Gasteiger partial charge >= 0.3 is 6.01 Å². The van der Waals surface area contributed by atoms with Crippen LogP contribution in [-0.2, 0) is 0 Å². The third-order valence-electron chi connectivity index (χ3n) is 3.61. The molecule has 1 aromatic carbocycles. The largest absolute Gasteiger partial charge is 0.423 e. The van der Waals surface area contributed by atoms with E-state index in [0.29, 0.717) is 16.8 Å². The molecule has 1 N–H and O–H groups in total. The maximum atomic E-state index is 12.2. The maximum absolute atomic E-state index is 12.2. The normalized spacial score (nSPS) is 10.9. The summed E-state index contributed by atoms with van der Waals surface area (Å²) in [6.45, 7) is 1.92. The van der Waals surface area contributed by atoms with Crippen molar-refractivity contribution in [1.29, 1.82) is 0 Å². The molecule has 0 aliphatic carbocycles. The second-order valence-electron chi connectivity index (χ2n) is 5.39. The van der Waals surface area contributed by atoms with E-state index >= 15 is 0 Å². The van der Waals surface area contributed by atoms with Crippen molar-refractivity contribution in [2.45, 2.75) is 6.92 Å². The fourth-order valence-corrected chi connectivity index (χ4v) is 3.02. The molecule has 0 bridgehead atoms. The molecule has 0 saturated heterocycles. The van der Waals surface area contributed by atoms with Gasteiger partial charge < -0.3 is 4.42 Å². The maximum Gasteiger partial charge on any atom is 0.302 e. The highest BCUT2D eigenvalue weighted by atomic mass is 32.1. The summed E-state index contributed by atoms with van der Waals surface area (Å²) in [6.07, 6.45) is 1.65. The number of fused-ring (bicyclic) bond motifs is 1. The van der Waals surface area contributed by atoms with Crippen LogP contribution in [0, 0.1) is 6.92 Å². The third kappa shape index (κ3) is 2.79. The van der Waals surface area contributed by atoms with Gasteiger partial charge in [-0.2, -0.15) is 16.3 Å². The van der Waals surface area contributed by atoms with Crippen LogP contribution >= 0.6 is 11.3 Å². The number of hydrogen-bond acceptors (Lipinski definition) is 5. The molecule has 5 nitrogen and oxygen atoms in total. The molecule has 4 rings (SSSR count). The van der Waals surface area contributed by atoms with Crippen molar-refractivity contribution in [2.75, 3.05) is 5.32 Å². The highest BCUT2D eigenvalue weighted by molar-refractivity contribution is 7.08. The molecule has 0 atom stereocenters. The summed E-state index contributed by atoms with van der Waals surface area (Å²) in [4.78, 5) is 20.6. The molecule has 1 amide bonds. The minimum atomic E-state index is -0.348. The number of carbonyl (C=O) groups is 1. The quantitative estimate of drug-likeness (QED) is 0.598. The zero-order valence-electron chi connectivity index (χ0n) is 12.8. The van der Waals surface area contributed by atoms with Crippen LogP contribution in [0.1, 0.15) is 16.1 Å². The van der Waals surface area contributed by atoms with Gasteiger partial charge in [-0.05, 0) is 58.6 Å². The Morgan fingerprint density at radius 2 is 2.08 bits per heavy atom. The van der Waals surface area contributed by atoms with Crippen LogP contribution in [0.2, 0.25) is 0 Å². The van der Waals surface area contributed by atoms with Crippen LogP contribution < -0.4 is 5.32 Å². The number of aromatic nitrogens is 2. The van der Waals surface area contributed by atoms with E-state index in [1.165, 1.54) is 0 Å². The summed E-state index contributed by atoms with van der Waals surface area (Å²) in [5.74, 6) is -0.348. The van der Waals surface area contributed by atoms with Crippen molar-refractivity contribution in [3.05, 3.63) is 64.6 Å². The van der Waals surface area contributed by atoms with Crippen molar-refractivity contribution in [3.63, 3.8) is 0 Å². The smallest absolute Gasteiger partial charge is 0.302 e. The molecule has 0 aliphatic heterocycles. The Balaban J connectivity index is 1.61. The number of benzene rings is 1. The topological polar surface area (TPSA) is 68.0 Å². The fraction of sp³-hybridized carbons (Fsp3) is 0.0556. The van der Waals surface area contributed by atoms with E-state index in [1.54, 1.807) is 23.6 Å². The van der Waals surface area contributed by atoms with E-state index in [1.807, 2.05) is 36.6 Å². The van der Waals surface area contributed by atoms with Gasteiger partial charge in [0.05, 0.1) is 0 Å². The second kappa shape index (κ2) is 5.90. The lowest BCUT2D eigenvalue weighted by Gasteiger charge is -1.99. The van der Waals surface area contributed by atoms with Gasteiger partial charge in [0.1, 0.15) is 11.2 Å². The standard InChI is InChI=1S/C18H13N3O2S/c1-11-2-4-14(19-9-11)17(22)21-18-20-15-8-12(3-5-16(15)23-18)13-6-7-24-10-13/h2-10H,1H3,(H,20,21,22). The van der Waals surface area contributed by atoms with Gasteiger partial charge in [0.2, 0.25) is 0 Å². The first-order valence-corrected chi connectivity index (χ1v) is 8.30. The highest BCUT2D eigenvalue weighted by Gasteiger charge is 2.13. The molecule has 118 valence electrons. The molecule has 3 aromatic heterocycles. The first kappa shape index (κ1) is 14.6. The molecular weight excluding hydrogens is 322 g/mol. The van der Waals surface area contributed by atoms with Crippen molar-refractivity contribution in [3.8, 4) is 11.1 Å². The molecule has 0 spiro atoms. The summed E-state index contributed by atoms with van der Waals surface area (Å²) in [7, 11) is 0. The lowest BCUT2D eigenvalue weighted by molar-refractivity contribution is 0.101. The number of hydrogen-bond donors (Lipinski definition) is 1. The average molecular weight is 335 g/mol. The number of aryl methyl sites for hydroxylation is 1. The lowest BCUT2D eigenvalue weighted by Crippen LogP contribution is -2.13. The third-order valence-corrected chi connectivity index (χ3v) is 4.29. The Hall–Kier alpha value is -2.99. The fourth-order valence-electron chi connectivity index (χ4n) is 2.35. The Labute approximate surface area is 142 Å². The van der Waals surface area contributed by atoms with E-state index in [0.717, 1.165) is 16.7 Å². The van der Waals surface area contributed by atoms with Crippen LogP contribution in [-0.4, -0.2) is 15.9 Å². The van der Waals surface area contributed by atoms with E-state index in [2.05, 4.69) is 26.7 Å². The number of pyridine rings is 1. The minimum Gasteiger partial charge on any atom is -0.423 e. The van der Waals surface area contributed by atoms with Crippen molar-refractivity contribution in [2.24, 2.45) is 0 Å². The van der Waals surface area contributed by atoms with E-state index in [-0.39, 0.29) is 11.9 Å². The lowest BCUT2D eigenvalue weighted by atomic mass is 10.1.